The molecule has 4 amide bonds. The van der Waals surface area contributed by atoms with Crippen LogP contribution in [-0.2, 0) is 43.1 Å². The fraction of sp³-hybridized carbons (Fsp3) is 0.333. The van der Waals surface area contributed by atoms with E-state index in [0.29, 0.717) is 60.9 Å². The van der Waals surface area contributed by atoms with Crippen molar-refractivity contribution in [3.8, 4) is 0 Å². The number of nitrogens with one attached hydrogen (secondary N) is 4. The Hall–Kier alpha value is -4.51. The lowest BCUT2D eigenvalue weighted by Gasteiger charge is -2.39. The Morgan fingerprint density at radius 2 is 1.88 bits per heavy atom. The summed E-state index contributed by atoms with van der Waals surface area (Å²) in [6.45, 7) is 3.79. The normalized spacial score (nSPS) is 22.9. The molecule has 0 bridgehead atoms. The van der Waals surface area contributed by atoms with Gasteiger partial charge in [-0.05, 0) is 53.7 Å². The molecular formula is C36H36Cl2N5O7P. The van der Waals surface area contributed by atoms with E-state index in [4.69, 9.17) is 33.7 Å². The van der Waals surface area contributed by atoms with Crippen LogP contribution < -0.4 is 21.7 Å². The molecule has 5 atom stereocenters. The Kier molecular flexibility index (Phi) is 8.84. The summed E-state index contributed by atoms with van der Waals surface area (Å²) in [5.41, 5.74) is 7.58. The van der Waals surface area contributed by atoms with Gasteiger partial charge in [0.2, 0.25) is 11.8 Å². The summed E-state index contributed by atoms with van der Waals surface area (Å²) in [7, 11) is -2.87. The predicted octanol–water partition coefficient (Wildman–Crippen LogP) is 5.83. The van der Waals surface area contributed by atoms with Crippen molar-refractivity contribution in [2.45, 2.75) is 70.2 Å². The van der Waals surface area contributed by atoms with Crippen LogP contribution >= 0.6 is 30.3 Å². The molecular weight excluding hydrogens is 716 g/mol. The van der Waals surface area contributed by atoms with Crippen molar-refractivity contribution in [3.63, 3.8) is 0 Å². The zero-order valence-corrected chi connectivity index (χ0v) is 30.2. The van der Waals surface area contributed by atoms with Gasteiger partial charge in [-0.3, -0.25) is 14.4 Å². The minimum Gasteiger partial charge on any atom is -0.506 e. The molecule has 51 heavy (non-hydrogen) atoms. The number of aromatic nitrogens is 1. The number of H-pyrrole nitrogens is 1. The summed E-state index contributed by atoms with van der Waals surface area (Å²) in [5, 5.41) is 21.2. The molecule has 7 N–H and O–H groups in total. The molecule has 5 unspecified atom stereocenters. The Morgan fingerprint density at radius 3 is 2.53 bits per heavy atom. The highest BCUT2D eigenvalue weighted by Gasteiger charge is 2.67. The maximum Gasteiger partial charge on any atom is 0.408 e. The molecule has 0 spiro atoms. The number of aryl methyl sites for hydroxylation is 1. The van der Waals surface area contributed by atoms with Gasteiger partial charge in [-0.15, -0.1) is 0 Å². The van der Waals surface area contributed by atoms with E-state index in [1.165, 1.54) is 0 Å². The van der Waals surface area contributed by atoms with Gasteiger partial charge in [0.15, 0.2) is 13.2 Å². The first kappa shape index (κ1) is 34.9. The van der Waals surface area contributed by atoms with Crippen molar-refractivity contribution >= 4 is 65.1 Å². The van der Waals surface area contributed by atoms with Crippen LogP contribution in [0.1, 0.15) is 49.9 Å². The number of primary amides is 1. The first-order valence-electron chi connectivity index (χ1n) is 16.7. The van der Waals surface area contributed by atoms with Crippen molar-refractivity contribution in [1.29, 1.82) is 0 Å². The van der Waals surface area contributed by atoms with Crippen LogP contribution in [0.5, 0.6) is 0 Å². The van der Waals surface area contributed by atoms with Gasteiger partial charge in [-0.1, -0.05) is 73.8 Å². The number of nitrogens with two attached hydrogens (primary N) is 1. The average Bonchev–Trinajstić information content (AvgIpc) is 3.32. The van der Waals surface area contributed by atoms with Gasteiger partial charge in [-0.25, -0.2) is 4.79 Å². The molecule has 1 aliphatic carbocycles. The van der Waals surface area contributed by atoms with Crippen molar-refractivity contribution in [2.24, 2.45) is 11.7 Å². The molecule has 2 aromatic carbocycles. The van der Waals surface area contributed by atoms with E-state index in [1.54, 1.807) is 25.1 Å². The summed E-state index contributed by atoms with van der Waals surface area (Å²) in [6, 6.07) is 11.4. The molecule has 3 aromatic rings. The summed E-state index contributed by atoms with van der Waals surface area (Å²) in [4.78, 5) is 57.8. The van der Waals surface area contributed by atoms with Crippen LogP contribution in [0, 0.1) is 5.92 Å². The Morgan fingerprint density at radius 1 is 1.14 bits per heavy atom. The molecule has 0 radical (unpaired) electrons. The first-order valence-corrected chi connectivity index (χ1v) is 19.1. The van der Waals surface area contributed by atoms with Crippen LogP contribution in [-0.4, -0.2) is 51.6 Å². The molecule has 15 heteroatoms. The number of allylic oxidation sites excluding steroid dienone is 4. The smallest absolute Gasteiger partial charge is 0.408 e. The number of carbonyl (C=O) groups is 4. The van der Waals surface area contributed by atoms with E-state index in [1.807, 2.05) is 37.3 Å². The largest absolute Gasteiger partial charge is 0.506 e. The lowest BCUT2D eigenvalue weighted by Crippen LogP contribution is -2.66. The second-order valence-electron chi connectivity index (χ2n) is 13.5. The maximum atomic E-state index is 14.4. The lowest BCUT2D eigenvalue weighted by molar-refractivity contribution is -0.140. The highest BCUT2D eigenvalue weighted by molar-refractivity contribution is 7.86. The molecule has 12 nitrogen and oxygen atoms in total. The molecule has 266 valence electrons. The van der Waals surface area contributed by atoms with E-state index in [-0.39, 0.29) is 37.5 Å². The number of ether oxygens (including phenoxy) is 1. The SMILES string of the molecule is CCC(C)C(NC(=O)C1(NC(=O)C(CC2=CC3=C(O)C4=C2P34=O)OC(=O)NCc2ccccc2)CCc2[nH]c3c(Cl)cc(Cl)cc3c2C1)C(N)=O. The molecule has 1 aromatic heterocycles. The summed E-state index contributed by atoms with van der Waals surface area (Å²) < 4.78 is 18.9. The standard InChI is InChI=1S/C36H36Cl2N5O7P/c1-3-17(2)27(32(39)45)42-34(47)36(10-9-24-22(15-36)21-13-20(37)14-23(38)28(21)41-24)43-33(46)25(50-35(48)40-16-18-7-5-4-6-8-18)11-19-12-26-29(44)31-30(19)51(26,31)49/h4-8,12-14,17,25,27,41,44H,3,9-11,15-16H2,1-2H3,(H2,39,45)(H,40,48)(H,42,47)(H,43,46). The zero-order chi connectivity index (χ0) is 36.4. The van der Waals surface area contributed by atoms with E-state index < -0.39 is 48.6 Å². The fourth-order valence-electron chi connectivity index (χ4n) is 7.34. The number of hydrogen-bond acceptors (Lipinski definition) is 7. The molecule has 0 saturated heterocycles. The summed E-state index contributed by atoms with van der Waals surface area (Å²) in [6.07, 6.45) is 0.0490. The third-order valence-electron chi connectivity index (χ3n) is 10.4. The van der Waals surface area contributed by atoms with E-state index in [2.05, 4.69) is 20.9 Å². The third kappa shape index (κ3) is 5.93. The Bertz CT molecular complexity index is 2180. The van der Waals surface area contributed by atoms with Crippen molar-refractivity contribution in [1.82, 2.24) is 20.9 Å². The molecule has 0 fully saturated rings. The topological polar surface area (TPSA) is 193 Å². The van der Waals surface area contributed by atoms with Gasteiger partial charge in [0.05, 0.1) is 21.2 Å². The van der Waals surface area contributed by atoms with Crippen LogP contribution in [0.3, 0.4) is 0 Å². The number of carbonyl (C=O) groups excluding carboxylic acids is 4. The van der Waals surface area contributed by atoms with Crippen LogP contribution in [0.4, 0.5) is 4.79 Å². The number of fused-ring (bicyclic) bond motifs is 3. The van der Waals surface area contributed by atoms with Gasteiger partial charge in [0.25, 0.3) is 5.91 Å². The van der Waals surface area contributed by atoms with Crippen molar-refractivity contribution in [2.75, 3.05) is 0 Å². The maximum absolute atomic E-state index is 14.4. The quantitative estimate of drug-likeness (QED) is 0.125. The average molecular weight is 753 g/mol. The van der Waals surface area contributed by atoms with Crippen LogP contribution in [0.25, 0.3) is 10.9 Å². The number of aromatic amines is 1. The molecule has 0 saturated carbocycles. The molecule has 4 aliphatic rings. The zero-order valence-electron chi connectivity index (χ0n) is 27.8. The van der Waals surface area contributed by atoms with Gasteiger partial charge in [0.1, 0.15) is 17.3 Å². The van der Waals surface area contributed by atoms with Gasteiger partial charge in [0, 0.05) is 40.8 Å². The number of amides is 4. The Labute approximate surface area is 303 Å². The molecule has 7 rings (SSSR count). The second kappa shape index (κ2) is 12.9. The van der Waals surface area contributed by atoms with E-state index >= 15 is 0 Å². The van der Waals surface area contributed by atoms with Crippen molar-refractivity contribution < 1.29 is 33.6 Å². The minimum atomic E-state index is -2.87. The first-order chi connectivity index (χ1) is 24.3. The van der Waals surface area contributed by atoms with E-state index in [9.17, 15) is 28.8 Å². The van der Waals surface area contributed by atoms with Gasteiger partial charge < -0.3 is 41.1 Å². The lowest BCUT2D eigenvalue weighted by atomic mass is 9.78. The predicted molar refractivity (Wildman–Crippen MR) is 192 cm³/mol. The second-order valence-corrected chi connectivity index (χ2v) is 17.0. The number of hydrogen-bond donors (Lipinski definition) is 6. The van der Waals surface area contributed by atoms with E-state index in [0.717, 1.165) is 11.3 Å². The Balaban J connectivity index is 1.21. The number of aliphatic hydroxyl groups excluding tert-OH is 1. The number of benzene rings is 2. The fourth-order valence-corrected chi connectivity index (χ4v) is 10.9. The summed E-state index contributed by atoms with van der Waals surface area (Å²) >= 11 is 12.9. The van der Waals surface area contributed by atoms with Gasteiger partial charge in [-0.2, -0.15) is 0 Å². The molecule has 4 heterocycles. The summed E-state index contributed by atoms with van der Waals surface area (Å²) in [5.74, 6) is -2.43. The van der Waals surface area contributed by atoms with Crippen molar-refractivity contribution in [3.05, 3.63) is 103 Å². The van der Waals surface area contributed by atoms with Gasteiger partial charge >= 0.3 is 6.09 Å². The number of halogens is 2. The van der Waals surface area contributed by atoms with Crippen LogP contribution in [0.2, 0.25) is 10.0 Å². The number of aliphatic hydroxyl groups is 1. The number of alkyl carbamates (subject to hydrolysis) is 1. The molecule has 3 aliphatic heterocycles. The third-order valence-corrected chi connectivity index (χ3v) is 13.9. The van der Waals surface area contributed by atoms with Crippen LogP contribution in [0.15, 0.2) is 75.8 Å². The monoisotopic (exact) mass is 751 g/mol. The highest BCUT2D eigenvalue weighted by atomic mass is 35.5. The number of rotatable bonds is 12. The minimum absolute atomic E-state index is 0.00232. The highest BCUT2D eigenvalue weighted by Crippen LogP contribution is 2.95.